The van der Waals surface area contributed by atoms with Crippen molar-refractivity contribution in [2.45, 2.75) is 27.7 Å². The lowest BCUT2D eigenvalue weighted by Crippen LogP contribution is -2.15. The van der Waals surface area contributed by atoms with Gasteiger partial charge in [-0.2, -0.15) is 0 Å². The zero-order chi connectivity index (χ0) is 16.3. The Morgan fingerprint density at radius 2 is 2.00 bits per heavy atom. The van der Waals surface area contributed by atoms with Crippen LogP contribution >= 0.6 is 0 Å². The molecule has 0 fully saturated rings. The number of esters is 1. The summed E-state index contributed by atoms with van der Waals surface area (Å²) in [5, 5.41) is 2.70. The summed E-state index contributed by atoms with van der Waals surface area (Å²) in [6.07, 6.45) is 1.67. The smallest absolute Gasteiger partial charge is 0.340 e. The number of rotatable bonds is 4. The molecule has 0 aliphatic heterocycles. The van der Waals surface area contributed by atoms with Crippen LogP contribution in [0.3, 0.4) is 0 Å². The fourth-order valence-corrected chi connectivity index (χ4v) is 2.21. The monoisotopic (exact) mass is 301 g/mol. The summed E-state index contributed by atoms with van der Waals surface area (Å²) < 4.78 is 5.01. The first kappa shape index (κ1) is 15.8. The Kier molecular flexibility index (Phi) is 4.60. The zero-order valence-corrected chi connectivity index (χ0v) is 13.1. The third-order valence-corrected chi connectivity index (χ3v) is 3.30. The largest absolute Gasteiger partial charge is 0.462 e. The molecule has 1 amide bonds. The molecule has 0 atom stereocenters. The fourth-order valence-electron chi connectivity index (χ4n) is 2.21. The van der Waals surface area contributed by atoms with E-state index in [1.54, 1.807) is 33.0 Å². The summed E-state index contributed by atoms with van der Waals surface area (Å²) >= 11 is 0. The van der Waals surface area contributed by atoms with Gasteiger partial charge in [-0.1, -0.05) is 6.07 Å². The van der Waals surface area contributed by atoms with Crippen LogP contribution in [-0.4, -0.2) is 28.5 Å². The Morgan fingerprint density at radius 3 is 2.59 bits per heavy atom. The summed E-state index contributed by atoms with van der Waals surface area (Å²) in [5.41, 5.74) is 2.93. The number of hydrogen-bond acceptors (Lipinski definition) is 4. The molecule has 0 aliphatic rings. The Morgan fingerprint density at radius 1 is 1.27 bits per heavy atom. The molecule has 2 rings (SSSR count). The van der Waals surface area contributed by atoms with Gasteiger partial charge < -0.3 is 15.0 Å². The molecule has 116 valence electrons. The van der Waals surface area contributed by atoms with Crippen LogP contribution in [0.25, 0.3) is 0 Å². The maximum Gasteiger partial charge on any atom is 0.340 e. The predicted molar refractivity (Wildman–Crippen MR) is 83.2 cm³/mol. The molecule has 22 heavy (non-hydrogen) atoms. The van der Waals surface area contributed by atoms with E-state index in [0.717, 1.165) is 5.56 Å². The molecular weight excluding hydrogens is 282 g/mol. The first-order valence-electron chi connectivity index (χ1n) is 7.04. The van der Waals surface area contributed by atoms with E-state index in [4.69, 9.17) is 4.74 Å². The first-order valence-corrected chi connectivity index (χ1v) is 7.04. The Bertz CT molecular complexity index is 702. The maximum absolute atomic E-state index is 12.3. The van der Waals surface area contributed by atoms with Gasteiger partial charge in [0.1, 0.15) is 11.5 Å². The zero-order valence-electron chi connectivity index (χ0n) is 13.1. The predicted octanol–water partition coefficient (Wildman–Crippen LogP) is 2.76. The third-order valence-electron chi connectivity index (χ3n) is 3.30. The molecule has 2 N–H and O–H groups in total. The quantitative estimate of drug-likeness (QED) is 0.850. The van der Waals surface area contributed by atoms with Gasteiger partial charge in [0.2, 0.25) is 0 Å². The van der Waals surface area contributed by atoms with Gasteiger partial charge in [0.25, 0.3) is 5.91 Å². The van der Waals surface area contributed by atoms with Gasteiger partial charge in [0.15, 0.2) is 0 Å². The van der Waals surface area contributed by atoms with Gasteiger partial charge in [-0.3, -0.25) is 4.79 Å². The minimum atomic E-state index is -0.429. The summed E-state index contributed by atoms with van der Waals surface area (Å²) in [6, 6.07) is 3.59. The number of nitrogens with one attached hydrogen (secondary N) is 2. The Balaban J connectivity index is 2.25. The van der Waals surface area contributed by atoms with Crippen LogP contribution in [0.4, 0.5) is 5.82 Å². The molecule has 0 saturated carbocycles. The maximum atomic E-state index is 12.3. The number of anilines is 1. The Hall–Kier alpha value is -2.63. The van der Waals surface area contributed by atoms with Gasteiger partial charge in [0, 0.05) is 11.9 Å². The van der Waals surface area contributed by atoms with Crippen LogP contribution < -0.4 is 5.32 Å². The molecule has 0 aliphatic carbocycles. The van der Waals surface area contributed by atoms with E-state index in [-0.39, 0.29) is 12.5 Å². The number of H-pyrrole nitrogens is 1. The number of aromatic nitrogens is 2. The van der Waals surface area contributed by atoms with Gasteiger partial charge in [-0.05, 0) is 44.9 Å². The van der Waals surface area contributed by atoms with Crippen LogP contribution in [-0.2, 0) is 4.74 Å². The lowest BCUT2D eigenvalue weighted by molar-refractivity contribution is 0.0525. The van der Waals surface area contributed by atoms with E-state index in [2.05, 4.69) is 15.3 Å². The highest BCUT2D eigenvalue weighted by molar-refractivity contribution is 6.06. The molecule has 0 radical (unpaired) electrons. The van der Waals surface area contributed by atoms with Crippen molar-refractivity contribution in [3.8, 4) is 0 Å². The van der Waals surface area contributed by atoms with E-state index >= 15 is 0 Å². The summed E-state index contributed by atoms with van der Waals surface area (Å²) in [4.78, 5) is 31.3. The molecule has 0 saturated heterocycles. The van der Waals surface area contributed by atoms with Gasteiger partial charge in [-0.15, -0.1) is 0 Å². The highest BCUT2D eigenvalue weighted by Crippen LogP contribution is 2.20. The van der Waals surface area contributed by atoms with Crippen molar-refractivity contribution >= 4 is 17.7 Å². The van der Waals surface area contributed by atoms with Crippen LogP contribution in [0.5, 0.6) is 0 Å². The second kappa shape index (κ2) is 6.43. The van der Waals surface area contributed by atoms with Gasteiger partial charge in [-0.25, -0.2) is 9.78 Å². The summed E-state index contributed by atoms with van der Waals surface area (Å²) in [5.74, 6) is -0.311. The van der Waals surface area contributed by atoms with Gasteiger partial charge >= 0.3 is 5.97 Å². The van der Waals surface area contributed by atoms with Crippen LogP contribution in [0.2, 0.25) is 0 Å². The lowest BCUT2D eigenvalue weighted by atomic mass is 10.1. The van der Waals surface area contributed by atoms with Crippen molar-refractivity contribution in [2.24, 2.45) is 0 Å². The van der Waals surface area contributed by atoms with Crippen LogP contribution in [0, 0.1) is 20.8 Å². The number of nitrogens with zero attached hydrogens (tertiary/aromatic N) is 1. The SMILES string of the molecule is CCOC(=O)c1c(C)[nH]c(C(=O)Nc2ccc(C)cn2)c1C. The second-order valence-electron chi connectivity index (χ2n) is 5.02. The normalized spacial score (nSPS) is 10.4. The van der Waals surface area contributed by atoms with Crippen molar-refractivity contribution in [1.82, 2.24) is 9.97 Å². The average molecular weight is 301 g/mol. The van der Waals surface area contributed by atoms with E-state index in [1.807, 2.05) is 13.0 Å². The molecule has 0 bridgehead atoms. The number of ether oxygens (including phenoxy) is 1. The minimum Gasteiger partial charge on any atom is -0.462 e. The summed E-state index contributed by atoms with van der Waals surface area (Å²) in [6.45, 7) is 7.40. The fraction of sp³-hybridized carbons (Fsp3) is 0.312. The average Bonchev–Trinajstić information content (AvgIpc) is 2.77. The standard InChI is InChI=1S/C16H19N3O3/c1-5-22-16(21)13-10(3)14(18-11(13)4)15(20)19-12-7-6-9(2)8-17-12/h6-8,18H,5H2,1-4H3,(H,17,19,20). The number of aryl methyl sites for hydroxylation is 2. The third kappa shape index (κ3) is 3.16. The molecule has 6 heteroatoms. The topological polar surface area (TPSA) is 84.1 Å². The number of aromatic amines is 1. The molecule has 2 aromatic heterocycles. The Labute approximate surface area is 128 Å². The number of carbonyl (C=O) groups is 2. The first-order chi connectivity index (χ1) is 10.4. The van der Waals surface area contributed by atoms with Crippen LogP contribution in [0.15, 0.2) is 18.3 Å². The lowest BCUT2D eigenvalue weighted by Gasteiger charge is -2.05. The highest BCUT2D eigenvalue weighted by Gasteiger charge is 2.22. The second-order valence-corrected chi connectivity index (χ2v) is 5.02. The van der Waals surface area contributed by atoms with Crippen molar-refractivity contribution in [3.05, 3.63) is 46.4 Å². The number of amides is 1. The molecule has 0 unspecified atom stereocenters. The van der Waals surface area contributed by atoms with E-state index < -0.39 is 5.97 Å². The van der Waals surface area contributed by atoms with E-state index in [1.165, 1.54) is 0 Å². The molecule has 2 heterocycles. The highest BCUT2D eigenvalue weighted by atomic mass is 16.5. The van der Waals surface area contributed by atoms with Gasteiger partial charge in [0.05, 0.1) is 12.2 Å². The number of hydrogen-bond donors (Lipinski definition) is 2. The molecule has 0 aromatic carbocycles. The van der Waals surface area contributed by atoms with E-state index in [0.29, 0.717) is 28.3 Å². The van der Waals surface area contributed by atoms with Crippen molar-refractivity contribution < 1.29 is 14.3 Å². The van der Waals surface area contributed by atoms with Crippen molar-refractivity contribution in [1.29, 1.82) is 0 Å². The molecular formula is C16H19N3O3. The van der Waals surface area contributed by atoms with Crippen molar-refractivity contribution in [3.63, 3.8) is 0 Å². The molecule has 0 spiro atoms. The summed E-state index contributed by atoms with van der Waals surface area (Å²) in [7, 11) is 0. The van der Waals surface area contributed by atoms with Crippen LogP contribution in [0.1, 0.15) is 44.6 Å². The van der Waals surface area contributed by atoms with E-state index in [9.17, 15) is 9.59 Å². The van der Waals surface area contributed by atoms with Crippen molar-refractivity contribution in [2.75, 3.05) is 11.9 Å². The molecule has 6 nitrogen and oxygen atoms in total. The number of pyridine rings is 1. The minimum absolute atomic E-state index is 0.289. The molecule has 2 aromatic rings. The number of carbonyl (C=O) groups excluding carboxylic acids is 2.